The van der Waals surface area contributed by atoms with Gasteiger partial charge in [0.05, 0.1) is 4.92 Å². The molecule has 0 aliphatic rings. The summed E-state index contributed by atoms with van der Waals surface area (Å²) < 4.78 is 5.35. The molecule has 0 unspecified atom stereocenters. The van der Waals surface area contributed by atoms with Crippen LogP contribution in [0.5, 0.6) is 0 Å². The SMILES string of the molecule is CCCCCCCCOCC(=O)c1ccc([N+](=O)[O-])cc1. The van der Waals surface area contributed by atoms with Crippen molar-refractivity contribution in [3.05, 3.63) is 39.9 Å². The smallest absolute Gasteiger partial charge is 0.269 e. The van der Waals surface area contributed by atoms with Gasteiger partial charge in [-0.3, -0.25) is 14.9 Å². The van der Waals surface area contributed by atoms with E-state index in [2.05, 4.69) is 6.92 Å². The highest BCUT2D eigenvalue weighted by Gasteiger charge is 2.09. The quantitative estimate of drug-likeness (QED) is 0.266. The highest BCUT2D eigenvalue weighted by atomic mass is 16.6. The minimum Gasteiger partial charge on any atom is -0.373 e. The molecule has 0 radical (unpaired) electrons. The van der Waals surface area contributed by atoms with Crippen molar-refractivity contribution < 1.29 is 14.5 Å². The first-order valence-corrected chi connectivity index (χ1v) is 7.50. The minimum atomic E-state index is -0.483. The van der Waals surface area contributed by atoms with Crippen molar-refractivity contribution in [2.45, 2.75) is 45.4 Å². The zero-order chi connectivity index (χ0) is 15.5. The number of carbonyl (C=O) groups excluding carboxylic acids is 1. The van der Waals surface area contributed by atoms with E-state index in [0.29, 0.717) is 12.2 Å². The van der Waals surface area contributed by atoms with E-state index in [1.807, 2.05) is 0 Å². The molecule has 1 aromatic rings. The number of ether oxygens (including phenoxy) is 1. The summed E-state index contributed by atoms with van der Waals surface area (Å²) in [6.45, 7) is 2.81. The van der Waals surface area contributed by atoms with E-state index >= 15 is 0 Å². The lowest BCUT2D eigenvalue weighted by Gasteiger charge is -2.04. The second-order valence-electron chi connectivity index (χ2n) is 5.05. The Hall–Kier alpha value is -1.75. The van der Waals surface area contributed by atoms with Gasteiger partial charge in [-0.25, -0.2) is 0 Å². The van der Waals surface area contributed by atoms with E-state index in [1.54, 1.807) is 0 Å². The highest BCUT2D eigenvalue weighted by molar-refractivity contribution is 5.97. The van der Waals surface area contributed by atoms with E-state index in [0.717, 1.165) is 12.8 Å². The van der Waals surface area contributed by atoms with Crippen LogP contribution < -0.4 is 0 Å². The fraction of sp³-hybridized carbons (Fsp3) is 0.562. The molecule has 0 bridgehead atoms. The standard InChI is InChI=1S/C16H23NO4/c1-2-3-4-5-6-7-12-21-13-16(18)14-8-10-15(11-9-14)17(19)20/h8-11H,2-7,12-13H2,1H3. The maximum absolute atomic E-state index is 11.8. The van der Waals surface area contributed by atoms with E-state index in [4.69, 9.17) is 4.74 Å². The molecule has 0 N–H and O–H groups in total. The molecule has 0 fully saturated rings. The first-order chi connectivity index (χ1) is 10.1. The molecule has 1 rings (SSSR count). The van der Waals surface area contributed by atoms with Crippen molar-refractivity contribution in [2.75, 3.05) is 13.2 Å². The Kier molecular flexibility index (Phi) is 8.28. The normalized spacial score (nSPS) is 10.5. The molecule has 0 saturated carbocycles. The van der Waals surface area contributed by atoms with Crippen LogP contribution in [-0.2, 0) is 4.74 Å². The Labute approximate surface area is 125 Å². The summed E-state index contributed by atoms with van der Waals surface area (Å²) in [5, 5.41) is 10.5. The van der Waals surface area contributed by atoms with Gasteiger partial charge in [0.25, 0.3) is 5.69 Å². The van der Waals surface area contributed by atoms with Crippen molar-refractivity contribution in [3.8, 4) is 0 Å². The summed E-state index contributed by atoms with van der Waals surface area (Å²) in [4.78, 5) is 21.8. The maximum Gasteiger partial charge on any atom is 0.269 e. The van der Waals surface area contributed by atoms with E-state index in [9.17, 15) is 14.9 Å². The Morgan fingerprint density at radius 1 is 1.10 bits per heavy atom. The van der Waals surface area contributed by atoms with Crippen LogP contribution in [0.15, 0.2) is 24.3 Å². The molecule has 21 heavy (non-hydrogen) atoms. The number of Topliss-reactive ketones (excluding diaryl/α,β-unsaturated/α-hetero) is 1. The van der Waals surface area contributed by atoms with Crippen molar-refractivity contribution in [3.63, 3.8) is 0 Å². The molecular weight excluding hydrogens is 270 g/mol. The number of rotatable bonds is 11. The van der Waals surface area contributed by atoms with Crippen molar-refractivity contribution >= 4 is 11.5 Å². The molecule has 0 atom stereocenters. The number of hydrogen-bond acceptors (Lipinski definition) is 4. The predicted molar refractivity (Wildman–Crippen MR) is 81.6 cm³/mol. The summed E-state index contributed by atoms with van der Waals surface area (Å²) in [7, 11) is 0. The van der Waals surface area contributed by atoms with Gasteiger partial charge in [0.1, 0.15) is 6.61 Å². The molecule has 0 aliphatic heterocycles. The van der Waals surface area contributed by atoms with Crippen LogP contribution in [0.3, 0.4) is 0 Å². The molecule has 0 aliphatic carbocycles. The molecule has 1 aromatic carbocycles. The Morgan fingerprint density at radius 3 is 2.33 bits per heavy atom. The highest BCUT2D eigenvalue weighted by Crippen LogP contribution is 2.12. The number of ketones is 1. The average molecular weight is 293 g/mol. The largest absolute Gasteiger partial charge is 0.373 e. The Bertz CT molecular complexity index is 442. The third kappa shape index (κ3) is 6.99. The lowest BCUT2D eigenvalue weighted by molar-refractivity contribution is -0.384. The third-order valence-corrected chi connectivity index (χ3v) is 3.28. The topological polar surface area (TPSA) is 69.4 Å². The third-order valence-electron chi connectivity index (χ3n) is 3.28. The fourth-order valence-electron chi connectivity index (χ4n) is 2.00. The van der Waals surface area contributed by atoms with E-state index < -0.39 is 4.92 Å². The Morgan fingerprint density at radius 2 is 1.71 bits per heavy atom. The second kappa shape index (κ2) is 10.0. The molecule has 0 heterocycles. The van der Waals surface area contributed by atoms with Crippen LogP contribution in [-0.4, -0.2) is 23.9 Å². The molecule has 0 saturated heterocycles. The number of carbonyl (C=O) groups is 1. The number of nitrogens with zero attached hydrogens (tertiary/aromatic N) is 1. The maximum atomic E-state index is 11.8. The van der Waals surface area contributed by atoms with Gasteiger partial charge in [0.15, 0.2) is 5.78 Å². The number of unbranched alkanes of at least 4 members (excludes halogenated alkanes) is 5. The molecule has 5 nitrogen and oxygen atoms in total. The Balaban J connectivity index is 2.17. The molecular formula is C16H23NO4. The summed E-state index contributed by atoms with van der Waals surface area (Å²) in [6.07, 6.45) is 7.09. The number of benzene rings is 1. The van der Waals surface area contributed by atoms with Crippen molar-refractivity contribution in [2.24, 2.45) is 0 Å². The van der Waals surface area contributed by atoms with E-state index in [-0.39, 0.29) is 18.1 Å². The lowest BCUT2D eigenvalue weighted by atomic mass is 10.1. The van der Waals surface area contributed by atoms with Crippen molar-refractivity contribution in [1.82, 2.24) is 0 Å². The lowest BCUT2D eigenvalue weighted by Crippen LogP contribution is -2.09. The molecule has 116 valence electrons. The predicted octanol–water partition coefficient (Wildman–Crippen LogP) is 4.15. The number of non-ortho nitro benzene ring substituents is 1. The van der Waals surface area contributed by atoms with Gasteiger partial charge in [0, 0.05) is 24.3 Å². The molecule has 0 aromatic heterocycles. The molecule has 5 heteroatoms. The van der Waals surface area contributed by atoms with E-state index in [1.165, 1.54) is 49.9 Å². The number of nitro groups is 1. The minimum absolute atomic E-state index is 0.0143. The number of nitro benzene ring substituents is 1. The monoisotopic (exact) mass is 293 g/mol. The summed E-state index contributed by atoms with van der Waals surface area (Å²) >= 11 is 0. The zero-order valence-electron chi connectivity index (χ0n) is 12.5. The van der Waals surface area contributed by atoms with Crippen LogP contribution in [0.1, 0.15) is 55.8 Å². The number of hydrogen-bond donors (Lipinski definition) is 0. The molecule has 0 spiro atoms. The second-order valence-corrected chi connectivity index (χ2v) is 5.05. The summed E-state index contributed by atoms with van der Waals surface area (Å²) in [5.74, 6) is -0.143. The molecule has 0 amide bonds. The van der Waals surface area contributed by atoms with Crippen molar-refractivity contribution in [1.29, 1.82) is 0 Å². The van der Waals surface area contributed by atoms with Gasteiger partial charge < -0.3 is 4.74 Å². The fourth-order valence-corrected chi connectivity index (χ4v) is 2.00. The van der Waals surface area contributed by atoms with Gasteiger partial charge in [-0.05, 0) is 18.6 Å². The van der Waals surface area contributed by atoms with Gasteiger partial charge in [-0.1, -0.05) is 39.0 Å². The first-order valence-electron chi connectivity index (χ1n) is 7.50. The van der Waals surface area contributed by atoms with Gasteiger partial charge in [-0.2, -0.15) is 0 Å². The average Bonchev–Trinajstić information content (AvgIpc) is 2.49. The van der Waals surface area contributed by atoms with Gasteiger partial charge in [-0.15, -0.1) is 0 Å². The van der Waals surface area contributed by atoms with Gasteiger partial charge >= 0.3 is 0 Å². The van der Waals surface area contributed by atoms with Gasteiger partial charge in [0.2, 0.25) is 0 Å². The van der Waals surface area contributed by atoms with Crippen LogP contribution in [0.2, 0.25) is 0 Å². The summed E-state index contributed by atoms with van der Waals surface area (Å²) in [6, 6.07) is 5.60. The van der Waals surface area contributed by atoms with Crippen LogP contribution in [0.25, 0.3) is 0 Å². The van der Waals surface area contributed by atoms with Crippen LogP contribution >= 0.6 is 0 Å². The first kappa shape index (κ1) is 17.3. The van der Waals surface area contributed by atoms with Crippen LogP contribution in [0, 0.1) is 10.1 Å². The van der Waals surface area contributed by atoms with Crippen LogP contribution in [0.4, 0.5) is 5.69 Å². The summed E-state index contributed by atoms with van der Waals surface area (Å²) in [5.41, 5.74) is 0.433. The zero-order valence-corrected chi connectivity index (χ0v) is 12.5.